The van der Waals surface area contributed by atoms with E-state index < -0.39 is 12.0 Å². The monoisotopic (exact) mass is 406 g/mol. The van der Waals surface area contributed by atoms with Gasteiger partial charge in [0.25, 0.3) is 5.56 Å². The number of furan rings is 1. The molecule has 1 unspecified atom stereocenters. The molecule has 7 heteroatoms. The van der Waals surface area contributed by atoms with Crippen molar-refractivity contribution in [3.8, 4) is 0 Å². The standard InChI is InChI=1S/C22H18N2O4S/c1-14-19(21(26)27-2)17(11-10-15-7-4-3-5-8-15)24-20(25)18(29-22(24)23-14)13-16-9-6-12-28-16/h3-13,17H,1-2H3/b11-10+,18-13?. The van der Waals surface area contributed by atoms with Gasteiger partial charge in [0.2, 0.25) is 0 Å². The van der Waals surface area contributed by atoms with Gasteiger partial charge in [-0.1, -0.05) is 53.8 Å². The minimum atomic E-state index is -0.613. The van der Waals surface area contributed by atoms with Gasteiger partial charge in [-0.25, -0.2) is 9.79 Å². The summed E-state index contributed by atoms with van der Waals surface area (Å²) in [6.45, 7) is 1.75. The first-order valence-electron chi connectivity index (χ1n) is 8.96. The van der Waals surface area contributed by atoms with Crippen molar-refractivity contribution in [2.24, 2.45) is 4.99 Å². The predicted molar refractivity (Wildman–Crippen MR) is 111 cm³/mol. The molecule has 1 aromatic carbocycles. The van der Waals surface area contributed by atoms with Crippen molar-refractivity contribution in [2.75, 3.05) is 7.11 Å². The number of carbonyl (C=O) groups is 1. The van der Waals surface area contributed by atoms with Crippen molar-refractivity contribution in [1.29, 1.82) is 0 Å². The first kappa shape index (κ1) is 18.9. The molecule has 0 fully saturated rings. The first-order valence-corrected chi connectivity index (χ1v) is 9.78. The molecule has 0 radical (unpaired) electrons. The van der Waals surface area contributed by atoms with Crippen molar-refractivity contribution in [2.45, 2.75) is 13.0 Å². The first-order chi connectivity index (χ1) is 14.1. The molecule has 0 saturated heterocycles. The van der Waals surface area contributed by atoms with Crippen LogP contribution < -0.4 is 14.9 Å². The van der Waals surface area contributed by atoms with E-state index in [9.17, 15) is 9.59 Å². The van der Waals surface area contributed by atoms with E-state index in [1.807, 2.05) is 42.5 Å². The maximum Gasteiger partial charge on any atom is 0.338 e. The van der Waals surface area contributed by atoms with E-state index in [0.717, 1.165) is 5.56 Å². The molecule has 0 spiro atoms. The second-order valence-corrected chi connectivity index (χ2v) is 7.41. The van der Waals surface area contributed by atoms with Crippen molar-refractivity contribution >= 4 is 29.5 Å². The molecule has 0 amide bonds. The second-order valence-electron chi connectivity index (χ2n) is 6.40. The van der Waals surface area contributed by atoms with Crippen molar-refractivity contribution in [3.63, 3.8) is 0 Å². The van der Waals surface area contributed by atoms with E-state index in [1.54, 1.807) is 31.4 Å². The van der Waals surface area contributed by atoms with E-state index in [4.69, 9.17) is 9.15 Å². The normalized spacial score (nSPS) is 16.8. The van der Waals surface area contributed by atoms with Crippen LogP contribution in [0.5, 0.6) is 0 Å². The van der Waals surface area contributed by atoms with E-state index in [-0.39, 0.29) is 5.56 Å². The summed E-state index contributed by atoms with van der Waals surface area (Å²) < 4.78 is 12.3. The molecule has 146 valence electrons. The smallest absolute Gasteiger partial charge is 0.338 e. The zero-order valence-electron chi connectivity index (χ0n) is 15.9. The number of ether oxygens (including phenoxy) is 1. The third-order valence-corrected chi connectivity index (χ3v) is 5.54. The molecular formula is C22H18N2O4S. The highest BCUT2D eigenvalue weighted by Crippen LogP contribution is 2.26. The maximum atomic E-state index is 13.2. The van der Waals surface area contributed by atoms with Crippen LogP contribution in [0.25, 0.3) is 12.2 Å². The topological polar surface area (TPSA) is 73.8 Å². The maximum absolute atomic E-state index is 13.2. The fraction of sp³-hybridized carbons (Fsp3) is 0.136. The number of esters is 1. The molecule has 6 nitrogen and oxygen atoms in total. The Kier molecular flexibility index (Phi) is 5.14. The average Bonchev–Trinajstić information content (AvgIpc) is 3.34. The summed E-state index contributed by atoms with van der Waals surface area (Å²) >= 11 is 1.26. The summed E-state index contributed by atoms with van der Waals surface area (Å²) in [5.41, 5.74) is 1.60. The highest BCUT2D eigenvalue weighted by molar-refractivity contribution is 7.07. The van der Waals surface area contributed by atoms with E-state index >= 15 is 0 Å². The molecule has 1 aliphatic heterocycles. The fourth-order valence-corrected chi connectivity index (χ4v) is 4.22. The van der Waals surface area contributed by atoms with Crippen LogP contribution in [0.4, 0.5) is 0 Å². The number of benzene rings is 1. The molecule has 0 N–H and O–H groups in total. The number of nitrogens with zero attached hydrogens (tertiary/aromatic N) is 2. The Morgan fingerprint density at radius 1 is 1.24 bits per heavy atom. The summed E-state index contributed by atoms with van der Waals surface area (Å²) in [7, 11) is 1.32. The van der Waals surface area contributed by atoms with Gasteiger partial charge in [-0.3, -0.25) is 9.36 Å². The Balaban J connectivity index is 1.89. The average molecular weight is 406 g/mol. The highest BCUT2D eigenvalue weighted by atomic mass is 32.1. The number of aromatic nitrogens is 1. The van der Waals surface area contributed by atoms with Gasteiger partial charge in [0.05, 0.1) is 35.2 Å². The van der Waals surface area contributed by atoms with Crippen LogP contribution in [0.1, 0.15) is 24.3 Å². The van der Waals surface area contributed by atoms with E-state index in [2.05, 4.69) is 4.99 Å². The van der Waals surface area contributed by atoms with Gasteiger partial charge in [0.15, 0.2) is 4.80 Å². The van der Waals surface area contributed by atoms with Crippen LogP contribution >= 0.6 is 11.3 Å². The number of thiazole rings is 1. The number of methoxy groups -OCH3 is 1. The number of rotatable bonds is 4. The largest absolute Gasteiger partial charge is 0.466 e. The van der Waals surface area contributed by atoms with Crippen LogP contribution in [0.3, 0.4) is 0 Å². The van der Waals surface area contributed by atoms with E-state index in [1.165, 1.54) is 23.0 Å². The molecule has 1 aliphatic rings. The quantitative estimate of drug-likeness (QED) is 0.625. The summed E-state index contributed by atoms with van der Waals surface area (Å²) in [6.07, 6.45) is 6.94. The summed E-state index contributed by atoms with van der Waals surface area (Å²) in [5, 5.41) is 0. The van der Waals surface area contributed by atoms with Crippen molar-refractivity contribution in [1.82, 2.24) is 4.57 Å². The Morgan fingerprint density at radius 2 is 2.03 bits per heavy atom. The second kappa shape index (κ2) is 7.89. The summed E-state index contributed by atoms with van der Waals surface area (Å²) in [4.78, 5) is 30.6. The summed E-state index contributed by atoms with van der Waals surface area (Å²) in [6, 6.07) is 12.6. The van der Waals surface area contributed by atoms with E-state index in [0.29, 0.717) is 26.4 Å². The molecule has 0 aliphatic carbocycles. The number of carbonyl (C=O) groups excluding carboxylic acids is 1. The molecule has 4 rings (SSSR count). The molecular weight excluding hydrogens is 388 g/mol. The van der Waals surface area contributed by atoms with Crippen LogP contribution in [-0.2, 0) is 9.53 Å². The Morgan fingerprint density at radius 3 is 2.72 bits per heavy atom. The number of hydrogen-bond acceptors (Lipinski definition) is 6. The molecule has 2 aromatic heterocycles. The minimum absolute atomic E-state index is 0.234. The zero-order chi connectivity index (χ0) is 20.4. The van der Waals surface area contributed by atoms with Gasteiger partial charge in [0, 0.05) is 6.08 Å². The van der Waals surface area contributed by atoms with Gasteiger partial charge < -0.3 is 9.15 Å². The molecule has 0 saturated carbocycles. The zero-order valence-corrected chi connectivity index (χ0v) is 16.7. The van der Waals surface area contributed by atoms with Gasteiger partial charge in [-0.15, -0.1) is 0 Å². The summed E-state index contributed by atoms with van der Waals surface area (Å²) in [5.74, 6) is 0.0739. The minimum Gasteiger partial charge on any atom is -0.466 e. The van der Waals surface area contributed by atoms with Crippen molar-refractivity contribution < 1.29 is 13.9 Å². The molecule has 3 aromatic rings. The Labute approximate surface area is 170 Å². The van der Waals surface area contributed by atoms with Crippen LogP contribution in [-0.4, -0.2) is 17.6 Å². The third-order valence-electron chi connectivity index (χ3n) is 4.56. The van der Waals surface area contributed by atoms with Crippen LogP contribution in [0.2, 0.25) is 0 Å². The number of hydrogen-bond donors (Lipinski definition) is 0. The van der Waals surface area contributed by atoms with Gasteiger partial charge in [0.1, 0.15) is 5.76 Å². The van der Waals surface area contributed by atoms with Crippen LogP contribution in [0.15, 0.2) is 80.3 Å². The molecule has 3 heterocycles. The fourth-order valence-electron chi connectivity index (χ4n) is 3.19. The number of fused-ring (bicyclic) bond motifs is 1. The lowest BCUT2D eigenvalue weighted by Gasteiger charge is -2.21. The Hall–Kier alpha value is -3.45. The SMILES string of the molecule is COC(=O)C1=C(C)N=c2sc(=Cc3ccco3)c(=O)n2C1/C=C/c1ccccc1. The number of allylic oxidation sites excluding steroid dienone is 2. The molecule has 29 heavy (non-hydrogen) atoms. The van der Waals surface area contributed by atoms with Crippen molar-refractivity contribution in [3.05, 3.63) is 97.1 Å². The highest BCUT2D eigenvalue weighted by Gasteiger charge is 2.30. The predicted octanol–water partition coefficient (Wildman–Crippen LogP) is 2.67. The molecule has 1 atom stereocenters. The lowest BCUT2D eigenvalue weighted by atomic mass is 10.0. The van der Waals surface area contributed by atoms with Crippen LogP contribution in [0, 0.1) is 0 Å². The lowest BCUT2D eigenvalue weighted by molar-refractivity contribution is -0.136. The lowest BCUT2D eigenvalue weighted by Crippen LogP contribution is -2.38. The van der Waals surface area contributed by atoms with Gasteiger partial charge >= 0.3 is 5.97 Å². The molecule has 0 bridgehead atoms. The van der Waals surface area contributed by atoms with Gasteiger partial charge in [-0.2, -0.15) is 0 Å². The Bertz CT molecular complexity index is 1280. The third kappa shape index (κ3) is 3.64. The van der Waals surface area contributed by atoms with Gasteiger partial charge in [-0.05, 0) is 24.6 Å².